The Bertz CT molecular complexity index is 742. The molecular formula is C13H12N2O4S. The van der Waals surface area contributed by atoms with Crippen molar-refractivity contribution in [3.63, 3.8) is 0 Å². The largest absolute Gasteiger partial charge is 0.398 e. The molecule has 0 spiro atoms. The van der Waals surface area contributed by atoms with Gasteiger partial charge in [-0.2, -0.15) is 8.42 Å². The van der Waals surface area contributed by atoms with E-state index in [4.69, 9.17) is 10.3 Å². The third-order valence-electron chi connectivity index (χ3n) is 2.58. The molecule has 0 heterocycles. The van der Waals surface area contributed by atoms with Crippen LogP contribution >= 0.6 is 0 Å². The van der Waals surface area contributed by atoms with E-state index >= 15 is 0 Å². The Morgan fingerprint density at radius 2 is 1.75 bits per heavy atom. The number of nitrogen functional groups attached to an aromatic ring is 1. The summed E-state index contributed by atoms with van der Waals surface area (Å²) < 4.78 is 30.9. The molecule has 4 N–H and O–H groups in total. The van der Waals surface area contributed by atoms with Crippen molar-refractivity contribution in [3.8, 4) is 0 Å². The molecule has 2 rings (SSSR count). The Kier molecular flexibility index (Phi) is 3.73. The van der Waals surface area contributed by atoms with Gasteiger partial charge in [0, 0.05) is 11.3 Å². The molecule has 0 aliphatic heterocycles. The highest BCUT2D eigenvalue weighted by molar-refractivity contribution is 7.86. The van der Waals surface area contributed by atoms with Crippen LogP contribution in [0.3, 0.4) is 0 Å². The molecule has 0 fully saturated rings. The molecule has 1 amide bonds. The van der Waals surface area contributed by atoms with Gasteiger partial charge < -0.3 is 11.1 Å². The third-order valence-corrected chi connectivity index (χ3v) is 3.51. The molecule has 20 heavy (non-hydrogen) atoms. The maximum Gasteiger partial charge on any atom is 0.296 e. The van der Waals surface area contributed by atoms with Gasteiger partial charge in [-0.3, -0.25) is 9.35 Å². The predicted molar refractivity (Wildman–Crippen MR) is 75.1 cm³/mol. The molecule has 0 aliphatic rings. The smallest absolute Gasteiger partial charge is 0.296 e. The zero-order chi connectivity index (χ0) is 14.8. The van der Waals surface area contributed by atoms with Crippen molar-refractivity contribution in [1.82, 2.24) is 0 Å². The SMILES string of the molecule is Nc1cc(C(=O)Nc2ccccc2)ccc1S(=O)(=O)O. The maximum absolute atomic E-state index is 11.9. The summed E-state index contributed by atoms with van der Waals surface area (Å²) in [4.78, 5) is 11.5. The second-order valence-corrected chi connectivity index (χ2v) is 5.44. The number of carbonyl (C=O) groups excluding carboxylic acids is 1. The van der Waals surface area contributed by atoms with Gasteiger partial charge in [0.25, 0.3) is 16.0 Å². The van der Waals surface area contributed by atoms with Gasteiger partial charge >= 0.3 is 0 Å². The van der Waals surface area contributed by atoms with E-state index in [1.165, 1.54) is 12.1 Å². The summed E-state index contributed by atoms with van der Waals surface area (Å²) in [6.45, 7) is 0. The molecule has 0 bridgehead atoms. The van der Waals surface area contributed by atoms with E-state index in [0.717, 1.165) is 6.07 Å². The van der Waals surface area contributed by atoms with Gasteiger partial charge in [0.05, 0.1) is 5.69 Å². The minimum absolute atomic E-state index is 0.187. The van der Waals surface area contributed by atoms with Crippen LogP contribution in [0.4, 0.5) is 11.4 Å². The zero-order valence-electron chi connectivity index (χ0n) is 10.3. The van der Waals surface area contributed by atoms with Crippen LogP contribution in [-0.2, 0) is 10.1 Å². The molecule has 2 aromatic carbocycles. The van der Waals surface area contributed by atoms with E-state index in [1.54, 1.807) is 24.3 Å². The Morgan fingerprint density at radius 1 is 1.10 bits per heavy atom. The van der Waals surface area contributed by atoms with Crippen LogP contribution < -0.4 is 11.1 Å². The quantitative estimate of drug-likeness (QED) is 0.590. The van der Waals surface area contributed by atoms with Crippen molar-refractivity contribution in [2.24, 2.45) is 0 Å². The average molecular weight is 292 g/mol. The first-order valence-corrected chi connectivity index (χ1v) is 7.05. The lowest BCUT2D eigenvalue weighted by atomic mass is 10.2. The lowest BCUT2D eigenvalue weighted by molar-refractivity contribution is 0.102. The molecule has 0 radical (unpaired) electrons. The summed E-state index contributed by atoms with van der Waals surface area (Å²) in [5, 5.41) is 2.64. The molecule has 0 unspecified atom stereocenters. The van der Waals surface area contributed by atoms with E-state index in [9.17, 15) is 13.2 Å². The van der Waals surface area contributed by atoms with Crippen LogP contribution in [-0.4, -0.2) is 18.9 Å². The Labute approximate surface area is 116 Å². The second kappa shape index (κ2) is 5.32. The van der Waals surface area contributed by atoms with Crippen LogP contribution in [0.25, 0.3) is 0 Å². The molecular weight excluding hydrogens is 280 g/mol. The zero-order valence-corrected chi connectivity index (χ0v) is 11.1. The molecule has 0 atom stereocenters. The number of rotatable bonds is 3. The number of para-hydroxylation sites is 1. The van der Waals surface area contributed by atoms with Crippen LogP contribution in [0.1, 0.15) is 10.4 Å². The van der Waals surface area contributed by atoms with Crippen molar-refractivity contribution in [2.45, 2.75) is 4.90 Å². The summed E-state index contributed by atoms with van der Waals surface area (Å²) >= 11 is 0. The van der Waals surface area contributed by atoms with Gasteiger partial charge in [-0.05, 0) is 30.3 Å². The van der Waals surface area contributed by atoms with Crippen molar-refractivity contribution in [1.29, 1.82) is 0 Å². The van der Waals surface area contributed by atoms with Crippen molar-refractivity contribution >= 4 is 27.4 Å². The Balaban J connectivity index is 2.26. The van der Waals surface area contributed by atoms with Gasteiger partial charge in [-0.1, -0.05) is 18.2 Å². The summed E-state index contributed by atoms with van der Waals surface area (Å²) in [5.74, 6) is -0.426. The van der Waals surface area contributed by atoms with E-state index in [0.29, 0.717) is 5.69 Å². The minimum Gasteiger partial charge on any atom is -0.398 e. The number of hydrogen-bond acceptors (Lipinski definition) is 4. The first-order chi connectivity index (χ1) is 9.38. The van der Waals surface area contributed by atoms with Gasteiger partial charge in [0.2, 0.25) is 0 Å². The number of anilines is 2. The van der Waals surface area contributed by atoms with E-state index in [-0.39, 0.29) is 11.3 Å². The number of amides is 1. The fourth-order valence-corrected chi connectivity index (χ4v) is 2.25. The summed E-state index contributed by atoms with van der Waals surface area (Å²) in [5.41, 5.74) is 6.13. The van der Waals surface area contributed by atoms with Crippen LogP contribution in [0.5, 0.6) is 0 Å². The highest BCUT2D eigenvalue weighted by atomic mass is 32.2. The number of nitrogens with two attached hydrogens (primary N) is 1. The topological polar surface area (TPSA) is 109 Å². The predicted octanol–water partition coefficient (Wildman–Crippen LogP) is 1.77. The van der Waals surface area contributed by atoms with E-state index < -0.39 is 20.9 Å². The number of carbonyl (C=O) groups is 1. The highest BCUT2D eigenvalue weighted by Gasteiger charge is 2.16. The van der Waals surface area contributed by atoms with E-state index in [1.807, 2.05) is 6.07 Å². The van der Waals surface area contributed by atoms with Crippen LogP contribution in [0.15, 0.2) is 53.4 Å². The second-order valence-electron chi connectivity index (χ2n) is 4.05. The van der Waals surface area contributed by atoms with Crippen molar-refractivity contribution in [3.05, 3.63) is 54.1 Å². The lowest BCUT2D eigenvalue weighted by Crippen LogP contribution is -2.13. The maximum atomic E-state index is 11.9. The molecule has 0 aromatic heterocycles. The highest BCUT2D eigenvalue weighted by Crippen LogP contribution is 2.20. The average Bonchev–Trinajstić information content (AvgIpc) is 2.38. The summed E-state index contributed by atoms with van der Waals surface area (Å²) in [6, 6.07) is 12.3. The normalized spacial score (nSPS) is 11.1. The monoisotopic (exact) mass is 292 g/mol. The minimum atomic E-state index is -4.39. The molecule has 2 aromatic rings. The van der Waals surface area contributed by atoms with Gasteiger partial charge in [0.1, 0.15) is 4.90 Å². The van der Waals surface area contributed by atoms with Gasteiger partial charge in [-0.15, -0.1) is 0 Å². The standard InChI is InChI=1S/C13H12N2O4S/c14-11-8-9(6-7-12(11)20(17,18)19)13(16)15-10-4-2-1-3-5-10/h1-8H,14H2,(H,15,16)(H,17,18,19). The number of hydrogen-bond donors (Lipinski definition) is 3. The molecule has 0 saturated carbocycles. The fourth-order valence-electron chi connectivity index (χ4n) is 1.65. The third kappa shape index (κ3) is 3.14. The van der Waals surface area contributed by atoms with Crippen LogP contribution in [0, 0.1) is 0 Å². The van der Waals surface area contributed by atoms with Crippen LogP contribution in [0.2, 0.25) is 0 Å². The molecule has 7 heteroatoms. The number of nitrogens with one attached hydrogen (secondary N) is 1. The fraction of sp³-hybridized carbons (Fsp3) is 0. The summed E-state index contributed by atoms with van der Waals surface area (Å²) in [7, 11) is -4.39. The molecule has 0 saturated heterocycles. The first-order valence-electron chi connectivity index (χ1n) is 5.61. The molecule has 104 valence electrons. The van der Waals surface area contributed by atoms with Gasteiger partial charge in [0.15, 0.2) is 0 Å². The van der Waals surface area contributed by atoms with Crippen molar-refractivity contribution in [2.75, 3.05) is 11.1 Å². The molecule has 6 nitrogen and oxygen atoms in total. The first kappa shape index (κ1) is 14.0. The summed E-state index contributed by atoms with van der Waals surface area (Å²) in [6.07, 6.45) is 0. The van der Waals surface area contributed by atoms with Crippen molar-refractivity contribution < 1.29 is 17.8 Å². The van der Waals surface area contributed by atoms with Gasteiger partial charge in [-0.25, -0.2) is 0 Å². The Morgan fingerprint density at radius 3 is 2.30 bits per heavy atom. The van der Waals surface area contributed by atoms with E-state index in [2.05, 4.69) is 5.32 Å². The molecule has 0 aliphatic carbocycles. The number of benzene rings is 2. The lowest BCUT2D eigenvalue weighted by Gasteiger charge is -2.07. The Hall–Kier alpha value is -2.38.